The summed E-state index contributed by atoms with van der Waals surface area (Å²) < 4.78 is 29.7. The number of benzene rings is 2. The molecule has 0 radical (unpaired) electrons. The van der Waals surface area contributed by atoms with E-state index in [9.17, 15) is 13.6 Å². The molecule has 34 heavy (non-hydrogen) atoms. The van der Waals surface area contributed by atoms with Gasteiger partial charge in [-0.05, 0) is 90.1 Å². The summed E-state index contributed by atoms with van der Waals surface area (Å²) in [6.45, 7) is 1.29. The van der Waals surface area contributed by atoms with Crippen molar-refractivity contribution in [3.63, 3.8) is 0 Å². The molecule has 3 aromatic rings. The number of nitrogens with one attached hydrogen (secondary N) is 1. The van der Waals surface area contributed by atoms with E-state index in [1.54, 1.807) is 16.6 Å². The minimum atomic E-state index is -2.68. The lowest BCUT2D eigenvalue weighted by atomic mass is 9.93. The van der Waals surface area contributed by atoms with Gasteiger partial charge >= 0.3 is 0 Å². The molecule has 1 spiro atoms. The van der Waals surface area contributed by atoms with Gasteiger partial charge in [0, 0.05) is 34.8 Å². The number of rotatable bonds is 4. The maximum absolute atomic E-state index is 13.4. The number of carbonyl (C=O) groups is 1. The van der Waals surface area contributed by atoms with Crippen LogP contribution in [0.1, 0.15) is 36.0 Å². The van der Waals surface area contributed by atoms with Crippen LogP contribution in [0.4, 0.5) is 26.0 Å². The lowest BCUT2D eigenvalue weighted by Crippen LogP contribution is -2.56. The molecule has 3 fully saturated rings. The summed E-state index contributed by atoms with van der Waals surface area (Å²) in [5.41, 5.74) is 3.66. The third-order valence-corrected chi connectivity index (χ3v) is 8.23. The minimum absolute atomic E-state index is 0.168. The summed E-state index contributed by atoms with van der Waals surface area (Å²) in [5, 5.41) is 8.23. The monoisotopic (exact) mass is 577 g/mol. The number of aromatic nitrogens is 2. The van der Waals surface area contributed by atoms with Gasteiger partial charge in [0.15, 0.2) is 5.82 Å². The highest BCUT2D eigenvalue weighted by Gasteiger charge is 2.46. The van der Waals surface area contributed by atoms with Crippen LogP contribution in [0, 0.1) is 8.99 Å². The maximum Gasteiger partial charge on any atom is 0.282 e. The van der Waals surface area contributed by atoms with Crippen LogP contribution in [0.25, 0.3) is 10.9 Å². The lowest BCUT2D eigenvalue weighted by Gasteiger charge is -2.39. The first-order valence-corrected chi connectivity index (χ1v) is 12.8. The Bertz CT molecular complexity index is 1280. The van der Waals surface area contributed by atoms with Gasteiger partial charge in [-0.1, -0.05) is 0 Å². The van der Waals surface area contributed by atoms with Crippen LogP contribution in [-0.4, -0.2) is 47.8 Å². The Morgan fingerprint density at radius 3 is 2.44 bits per heavy atom. The second kappa shape index (κ2) is 7.79. The summed E-state index contributed by atoms with van der Waals surface area (Å²) in [4.78, 5) is 17.3. The van der Waals surface area contributed by atoms with Crippen LogP contribution in [0.15, 0.2) is 36.4 Å². The van der Waals surface area contributed by atoms with Gasteiger partial charge in [-0.15, -0.1) is 0 Å². The van der Waals surface area contributed by atoms with E-state index in [2.05, 4.69) is 44.0 Å². The first kappa shape index (κ1) is 22.1. The molecule has 9 heteroatoms. The predicted octanol–water partition coefficient (Wildman–Crippen LogP) is 5.27. The van der Waals surface area contributed by atoms with Gasteiger partial charge in [-0.3, -0.25) is 9.48 Å². The van der Waals surface area contributed by atoms with E-state index in [0.29, 0.717) is 22.5 Å². The average molecular weight is 577 g/mol. The van der Waals surface area contributed by atoms with Gasteiger partial charge in [0.2, 0.25) is 0 Å². The molecule has 2 saturated heterocycles. The number of fused-ring (bicyclic) bond motifs is 1. The van der Waals surface area contributed by atoms with Gasteiger partial charge in [0.1, 0.15) is 0 Å². The molecule has 1 amide bonds. The van der Waals surface area contributed by atoms with Crippen LogP contribution in [0.3, 0.4) is 0 Å². The minimum Gasteiger partial charge on any atom is -0.371 e. The average Bonchev–Trinajstić information content (AvgIpc) is 3.46. The number of hydrogen-bond acceptors (Lipinski definition) is 4. The number of hydrogen-bond donors (Lipinski definition) is 1. The van der Waals surface area contributed by atoms with E-state index in [1.807, 2.05) is 30.3 Å². The van der Waals surface area contributed by atoms with E-state index >= 15 is 0 Å². The fraction of sp³-hybridized carbons (Fsp3) is 0.440. The van der Waals surface area contributed by atoms with Crippen molar-refractivity contribution in [1.29, 1.82) is 0 Å². The quantitative estimate of drug-likeness (QED) is 0.430. The van der Waals surface area contributed by atoms with Crippen LogP contribution in [0.5, 0.6) is 0 Å². The van der Waals surface area contributed by atoms with Gasteiger partial charge in [-0.25, -0.2) is 8.78 Å². The molecule has 1 saturated carbocycles. The van der Waals surface area contributed by atoms with Crippen molar-refractivity contribution in [2.24, 2.45) is 12.5 Å². The number of alkyl halides is 2. The van der Waals surface area contributed by atoms with Crippen molar-refractivity contribution in [2.45, 2.75) is 31.6 Å². The maximum atomic E-state index is 13.4. The molecule has 2 aromatic carbocycles. The molecule has 1 aromatic heterocycles. The van der Waals surface area contributed by atoms with Crippen molar-refractivity contribution < 1.29 is 13.6 Å². The molecule has 6 rings (SSSR count). The molecule has 3 heterocycles. The molecular weight excluding hydrogens is 551 g/mol. The first-order chi connectivity index (χ1) is 16.2. The van der Waals surface area contributed by atoms with Crippen LogP contribution >= 0.6 is 22.6 Å². The molecule has 0 atom stereocenters. The second-order valence-corrected chi connectivity index (χ2v) is 11.2. The summed E-state index contributed by atoms with van der Waals surface area (Å²) in [6, 6.07) is 11.5. The van der Waals surface area contributed by atoms with Gasteiger partial charge < -0.3 is 15.1 Å². The molecular formula is C25H26F2IN5O. The molecule has 1 N–H and O–H groups in total. The molecule has 3 aliphatic rings. The molecule has 178 valence electrons. The zero-order valence-corrected chi connectivity index (χ0v) is 21.1. The van der Waals surface area contributed by atoms with E-state index in [4.69, 9.17) is 0 Å². The largest absolute Gasteiger partial charge is 0.371 e. The van der Waals surface area contributed by atoms with E-state index in [0.717, 1.165) is 33.3 Å². The van der Waals surface area contributed by atoms with Crippen molar-refractivity contribution in [3.8, 4) is 0 Å². The number of piperidine rings is 1. The Kier molecular flexibility index (Phi) is 5.06. The van der Waals surface area contributed by atoms with Crippen molar-refractivity contribution in [2.75, 3.05) is 41.3 Å². The highest BCUT2D eigenvalue weighted by Crippen LogP contribution is 2.54. The van der Waals surface area contributed by atoms with Gasteiger partial charge in [-0.2, -0.15) is 5.10 Å². The zero-order valence-electron chi connectivity index (χ0n) is 19.0. The first-order valence-electron chi connectivity index (χ1n) is 11.7. The normalized spacial score (nSPS) is 20.5. The standard InChI is InChI=1S/C25H26F2IN5O/c1-31-20-5-3-17(13-19(20)22(30-31)33-14-25(26,27)15-33)29-23(34)18-4-2-16(28)12-21(18)32-10-8-24(6-7-24)9-11-32/h2-5,12-13H,6-11,14-15H2,1H3,(H,29,34). The van der Waals surface area contributed by atoms with Gasteiger partial charge in [0.05, 0.1) is 29.9 Å². The number of amides is 1. The Hall–Kier alpha value is -2.43. The van der Waals surface area contributed by atoms with Crippen molar-refractivity contribution >= 4 is 56.6 Å². The molecule has 0 unspecified atom stereocenters. The smallest absolute Gasteiger partial charge is 0.282 e. The summed E-state index contributed by atoms with van der Waals surface area (Å²) in [6.07, 6.45) is 5.06. The number of aryl methyl sites for hydroxylation is 1. The Morgan fingerprint density at radius 2 is 1.76 bits per heavy atom. The van der Waals surface area contributed by atoms with Crippen LogP contribution in [0.2, 0.25) is 0 Å². The topological polar surface area (TPSA) is 53.4 Å². The fourth-order valence-electron chi connectivity index (χ4n) is 5.28. The Labute approximate surface area is 210 Å². The highest BCUT2D eigenvalue weighted by atomic mass is 127. The number of halogens is 3. The lowest BCUT2D eigenvalue weighted by molar-refractivity contribution is -0.0266. The number of nitrogens with zero attached hydrogens (tertiary/aromatic N) is 4. The third kappa shape index (κ3) is 3.91. The highest BCUT2D eigenvalue weighted by molar-refractivity contribution is 14.1. The van der Waals surface area contributed by atoms with Crippen LogP contribution in [-0.2, 0) is 7.05 Å². The molecule has 1 aliphatic carbocycles. The summed E-state index contributed by atoms with van der Waals surface area (Å²) >= 11 is 2.29. The van der Waals surface area contributed by atoms with E-state index in [1.165, 1.54) is 25.7 Å². The van der Waals surface area contributed by atoms with Crippen molar-refractivity contribution in [1.82, 2.24) is 9.78 Å². The zero-order chi connectivity index (χ0) is 23.7. The van der Waals surface area contributed by atoms with Gasteiger partial charge in [0.25, 0.3) is 11.8 Å². The molecule has 0 bridgehead atoms. The predicted molar refractivity (Wildman–Crippen MR) is 138 cm³/mol. The number of carbonyl (C=O) groups excluding carboxylic acids is 1. The van der Waals surface area contributed by atoms with E-state index in [-0.39, 0.29) is 19.0 Å². The number of anilines is 3. The molecule has 2 aliphatic heterocycles. The van der Waals surface area contributed by atoms with E-state index < -0.39 is 5.92 Å². The molecule has 6 nitrogen and oxygen atoms in total. The summed E-state index contributed by atoms with van der Waals surface area (Å²) in [7, 11) is 1.80. The second-order valence-electron chi connectivity index (χ2n) is 9.99. The Morgan fingerprint density at radius 1 is 1.03 bits per heavy atom. The summed E-state index contributed by atoms with van der Waals surface area (Å²) in [5.74, 6) is -2.32. The van der Waals surface area contributed by atoms with Crippen molar-refractivity contribution in [3.05, 3.63) is 45.5 Å². The fourth-order valence-corrected chi connectivity index (χ4v) is 5.75. The van der Waals surface area contributed by atoms with Crippen LogP contribution < -0.4 is 15.1 Å². The Balaban J connectivity index is 1.26. The third-order valence-electron chi connectivity index (χ3n) is 7.56. The SMILES string of the molecule is Cn1nc(N2CC(F)(F)C2)c2cc(NC(=O)c3ccc(I)cc3N3CCC4(CC3)CC4)ccc21.